The smallest absolute Gasteiger partial charge is 0.251 e. The van der Waals surface area contributed by atoms with Crippen LogP contribution in [-0.2, 0) is 0 Å². The Morgan fingerprint density at radius 3 is 2.80 bits per heavy atom. The SMILES string of the molecule is Cl.NC(=O)c1ccsc1N1CCCC1C1CCNCC1. The third kappa shape index (κ3) is 2.95. The number of piperidine rings is 1. The van der Waals surface area contributed by atoms with Gasteiger partial charge in [-0.2, -0.15) is 0 Å². The van der Waals surface area contributed by atoms with Gasteiger partial charge >= 0.3 is 0 Å². The molecule has 0 aliphatic carbocycles. The van der Waals surface area contributed by atoms with Crippen molar-refractivity contribution in [1.82, 2.24) is 5.32 Å². The molecule has 0 aromatic carbocycles. The summed E-state index contributed by atoms with van der Waals surface area (Å²) in [5, 5.41) is 6.50. The van der Waals surface area contributed by atoms with Crippen molar-refractivity contribution in [2.24, 2.45) is 11.7 Å². The van der Waals surface area contributed by atoms with Crippen molar-refractivity contribution in [2.45, 2.75) is 31.7 Å². The molecule has 1 aromatic rings. The van der Waals surface area contributed by atoms with E-state index in [4.69, 9.17) is 5.73 Å². The van der Waals surface area contributed by atoms with Gasteiger partial charge in [-0.1, -0.05) is 0 Å². The molecule has 6 heteroatoms. The lowest BCUT2D eigenvalue weighted by molar-refractivity contribution is 0.100. The molecule has 4 nitrogen and oxygen atoms in total. The lowest BCUT2D eigenvalue weighted by atomic mass is 9.89. The van der Waals surface area contributed by atoms with Gasteiger partial charge in [0.1, 0.15) is 5.00 Å². The summed E-state index contributed by atoms with van der Waals surface area (Å²) in [4.78, 5) is 14.0. The second kappa shape index (κ2) is 6.78. The van der Waals surface area contributed by atoms with Gasteiger partial charge in [0.05, 0.1) is 5.56 Å². The summed E-state index contributed by atoms with van der Waals surface area (Å²) in [5.41, 5.74) is 6.18. The molecule has 112 valence electrons. The predicted molar refractivity (Wildman–Crippen MR) is 86.0 cm³/mol. The second-order valence-corrected chi connectivity index (χ2v) is 6.39. The van der Waals surface area contributed by atoms with E-state index in [1.54, 1.807) is 11.3 Å². The molecule has 3 rings (SSSR count). The third-order valence-electron chi connectivity index (χ3n) is 4.40. The molecule has 0 bridgehead atoms. The fourth-order valence-electron chi connectivity index (χ4n) is 3.48. The van der Waals surface area contributed by atoms with Crippen LogP contribution in [0.2, 0.25) is 0 Å². The molecule has 1 amide bonds. The first-order chi connectivity index (χ1) is 9.27. The molecule has 0 radical (unpaired) electrons. The van der Waals surface area contributed by atoms with Crippen LogP contribution in [0.1, 0.15) is 36.0 Å². The van der Waals surface area contributed by atoms with Crippen LogP contribution in [0, 0.1) is 5.92 Å². The summed E-state index contributed by atoms with van der Waals surface area (Å²) < 4.78 is 0. The molecule has 2 aliphatic heterocycles. The normalized spacial score (nSPS) is 23.6. The Hall–Kier alpha value is -0.780. The average Bonchev–Trinajstić information content (AvgIpc) is 3.08. The molecule has 0 spiro atoms. The molecule has 1 unspecified atom stereocenters. The van der Waals surface area contributed by atoms with Crippen molar-refractivity contribution in [1.29, 1.82) is 0 Å². The van der Waals surface area contributed by atoms with Crippen molar-refractivity contribution >= 4 is 34.7 Å². The Kier molecular flexibility index (Phi) is 5.29. The number of nitrogens with one attached hydrogen (secondary N) is 1. The second-order valence-electron chi connectivity index (χ2n) is 5.49. The molecule has 2 fully saturated rings. The van der Waals surface area contributed by atoms with Crippen LogP contribution in [0.4, 0.5) is 5.00 Å². The first kappa shape index (κ1) is 15.6. The molecule has 1 aromatic heterocycles. The largest absolute Gasteiger partial charge is 0.366 e. The van der Waals surface area contributed by atoms with Gasteiger partial charge in [0.15, 0.2) is 0 Å². The van der Waals surface area contributed by atoms with Crippen molar-refractivity contribution < 1.29 is 4.79 Å². The number of carbonyl (C=O) groups is 1. The highest BCUT2D eigenvalue weighted by atomic mass is 35.5. The number of primary amides is 1. The predicted octanol–water partition coefficient (Wildman–Crippen LogP) is 2.24. The summed E-state index contributed by atoms with van der Waals surface area (Å²) in [7, 11) is 0. The number of halogens is 1. The minimum Gasteiger partial charge on any atom is -0.366 e. The van der Waals surface area contributed by atoms with Crippen molar-refractivity contribution in [3.8, 4) is 0 Å². The number of hydrogen-bond donors (Lipinski definition) is 2. The fraction of sp³-hybridized carbons (Fsp3) is 0.643. The van der Waals surface area contributed by atoms with E-state index >= 15 is 0 Å². The zero-order valence-corrected chi connectivity index (χ0v) is 13.1. The number of nitrogens with two attached hydrogens (primary N) is 1. The summed E-state index contributed by atoms with van der Waals surface area (Å²) in [6, 6.07) is 2.46. The van der Waals surface area contributed by atoms with Gasteiger partial charge in [-0.05, 0) is 56.1 Å². The maximum absolute atomic E-state index is 11.5. The zero-order chi connectivity index (χ0) is 13.2. The highest BCUT2D eigenvalue weighted by molar-refractivity contribution is 7.14. The fourth-order valence-corrected chi connectivity index (χ4v) is 4.47. The Balaban J connectivity index is 0.00000147. The number of amides is 1. The molecule has 20 heavy (non-hydrogen) atoms. The maximum Gasteiger partial charge on any atom is 0.251 e. The van der Waals surface area contributed by atoms with Gasteiger partial charge in [-0.15, -0.1) is 23.7 Å². The van der Waals surface area contributed by atoms with Gasteiger partial charge < -0.3 is 16.0 Å². The molecule has 2 aliphatic rings. The van der Waals surface area contributed by atoms with E-state index in [1.807, 2.05) is 11.4 Å². The Morgan fingerprint density at radius 2 is 2.10 bits per heavy atom. The lowest BCUT2D eigenvalue weighted by Crippen LogP contribution is -2.41. The van der Waals surface area contributed by atoms with Gasteiger partial charge in [-0.3, -0.25) is 4.79 Å². The highest BCUT2D eigenvalue weighted by Gasteiger charge is 2.34. The minimum atomic E-state index is -0.299. The van der Waals surface area contributed by atoms with Crippen LogP contribution in [-0.4, -0.2) is 31.6 Å². The van der Waals surface area contributed by atoms with E-state index in [0.29, 0.717) is 11.6 Å². The van der Waals surface area contributed by atoms with E-state index < -0.39 is 0 Å². The van der Waals surface area contributed by atoms with Crippen LogP contribution in [0.5, 0.6) is 0 Å². The standard InChI is InChI=1S/C14H21N3OS.ClH/c15-13(18)11-5-9-19-14(11)17-8-1-2-12(17)10-3-6-16-7-4-10;/h5,9-10,12,16H,1-4,6-8H2,(H2,15,18);1H. The molecule has 3 heterocycles. The minimum absolute atomic E-state index is 0. The number of carbonyl (C=O) groups excluding carboxylic acids is 1. The van der Waals surface area contributed by atoms with E-state index in [2.05, 4.69) is 10.2 Å². The van der Waals surface area contributed by atoms with Crippen LogP contribution in [0.3, 0.4) is 0 Å². The molecule has 3 N–H and O–H groups in total. The number of hydrogen-bond acceptors (Lipinski definition) is 4. The maximum atomic E-state index is 11.5. The monoisotopic (exact) mass is 315 g/mol. The average molecular weight is 316 g/mol. The Labute approximate surface area is 130 Å². The van der Waals surface area contributed by atoms with Crippen molar-refractivity contribution in [3.63, 3.8) is 0 Å². The van der Waals surface area contributed by atoms with Crippen molar-refractivity contribution in [3.05, 3.63) is 17.0 Å². The quantitative estimate of drug-likeness (QED) is 0.899. The summed E-state index contributed by atoms with van der Waals surface area (Å²) in [6.07, 6.45) is 4.97. The molecule has 2 saturated heterocycles. The van der Waals surface area contributed by atoms with E-state index in [0.717, 1.165) is 30.6 Å². The first-order valence-electron chi connectivity index (χ1n) is 7.12. The van der Waals surface area contributed by atoms with Crippen LogP contribution in [0.15, 0.2) is 11.4 Å². The van der Waals surface area contributed by atoms with Gasteiger partial charge in [0.2, 0.25) is 0 Å². The molecule has 1 atom stereocenters. The van der Waals surface area contributed by atoms with E-state index in [1.165, 1.54) is 25.7 Å². The molecular formula is C14H22ClN3OS. The summed E-state index contributed by atoms with van der Waals surface area (Å²) >= 11 is 1.65. The van der Waals surface area contributed by atoms with Gasteiger partial charge in [0.25, 0.3) is 5.91 Å². The van der Waals surface area contributed by atoms with Crippen molar-refractivity contribution in [2.75, 3.05) is 24.5 Å². The van der Waals surface area contributed by atoms with Crippen LogP contribution >= 0.6 is 23.7 Å². The van der Waals surface area contributed by atoms with E-state index in [-0.39, 0.29) is 18.3 Å². The lowest BCUT2D eigenvalue weighted by Gasteiger charge is -2.35. The Morgan fingerprint density at radius 1 is 1.35 bits per heavy atom. The number of thiophene rings is 1. The van der Waals surface area contributed by atoms with Crippen LogP contribution in [0.25, 0.3) is 0 Å². The zero-order valence-electron chi connectivity index (χ0n) is 11.5. The Bertz CT molecular complexity index is 459. The first-order valence-corrected chi connectivity index (χ1v) is 8.00. The molecule has 0 saturated carbocycles. The summed E-state index contributed by atoms with van der Waals surface area (Å²) in [5.74, 6) is 0.457. The topological polar surface area (TPSA) is 58.4 Å². The number of nitrogens with zero attached hydrogens (tertiary/aromatic N) is 1. The van der Waals surface area contributed by atoms with Gasteiger partial charge in [-0.25, -0.2) is 0 Å². The van der Waals surface area contributed by atoms with Gasteiger partial charge in [0, 0.05) is 12.6 Å². The third-order valence-corrected chi connectivity index (χ3v) is 5.35. The van der Waals surface area contributed by atoms with Crippen LogP contribution < -0.4 is 16.0 Å². The summed E-state index contributed by atoms with van der Waals surface area (Å²) in [6.45, 7) is 3.32. The molecular weight excluding hydrogens is 294 g/mol. The highest BCUT2D eigenvalue weighted by Crippen LogP contribution is 2.37. The number of rotatable bonds is 3. The number of anilines is 1. The van der Waals surface area contributed by atoms with E-state index in [9.17, 15) is 4.79 Å².